The highest BCUT2D eigenvalue weighted by Crippen LogP contribution is 2.24. The lowest BCUT2D eigenvalue weighted by molar-refractivity contribution is -0.144. The first-order valence-electron chi connectivity index (χ1n) is 6.70. The van der Waals surface area contributed by atoms with Gasteiger partial charge in [-0.05, 0) is 16.7 Å². The van der Waals surface area contributed by atoms with Crippen LogP contribution in [-0.2, 0) is 9.53 Å². The van der Waals surface area contributed by atoms with Gasteiger partial charge in [-0.2, -0.15) is 0 Å². The van der Waals surface area contributed by atoms with Crippen LogP contribution in [0.4, 0.5) is 0 Å². The Balaban J connectivity index is 2.10. The third-order valence-electron chi connectivity index (χ3n) is 3.33. The number of carbonyl (C=O) groups is 1. The van der Waals surface area contributed by atoms with Gasteiger partial charge in [0, 0.05) is 0 Å². The summed E-state index contributed by atoms with van der Waals surface area (Å²) in [5, 5.41) is 19.8. The van der Waals surface area contributed by atoms with Gasteiger partial charge in [0.25, 0.3) is 0 Å². The van der Waals surface area contributed by atoms with Gasteiger partial charge in [-0.3, -0.25) is 4.79 Å². The van der Waals surface area contributed by atoms with E-state index in [1.807, 2.05) is 42.5 Å². The number of rotatable bonds is 5. The van der Waals surface area contributed by atoms with Crippen molar-refractivity contribution >= 4 is 5.97 Å². The van der Waals surface area contributed by atoms with Crippen LogP contribution in [0, 0.1) is 0 Å². The minimum atomic E-state index is -1.18. The molecule has 0 saturated heterocycles. The highest BCUT2D eigenvalue weighted by Gasteiger charge is 2.21. The van der Waals surface area contributed by atoms with Crippen molar-refractivity contribution in [1.82, 2.24) is 0 Å². The molecule has 0 amide bonds. The van der Waals surface area contributed by atoms with Crippen LogP contribution < -0.4 is 0 Å². The Morgan fingerprint density at radius 1 is 1.00 bits per heavy atom. The van der Waals surface area contributed by atoms with E-state index in [4.69, 9.17) is 0 Å². The molecule has 0 aromatic heterocycles. The number of aliphatic hydroxyl groups excluding tert-OH is 2. The largest absolute Gasteiger partial charge is 0.469 e. The average Bonchev–Trinajstić information content (AvgIpc) is 2.55. The summed E-state index contributed by atoms with van der Waals surface area (Å²) in [5.41, 5.74) is 2.66. The Labute approximate surface area is 123 Å². The first kappa shape index (κ1) is 15.2. The van der Waals surface area contributed by atoms with Gasteiger partial charge in [0.15, 0.2) is 0 Å². The first-order valence-corrected chi connectivity index (χ1v) is 6.70. The van der Waals surface area contributed by atoms with Gasteiger partial charge in [-0.25, -0.2) is 0 Å². The molecule has 2 N–H and O–H groups in total. The summed E-state index contributed by atoms with van der Waals surface area (Å²) in [5.74, 6) is -0.553. The van der Waals surface area contributed by atoms with E-state index in [1.54, 1.807) is 12.1 Å². The van der Waals surface area contributed by atoms with Crippen molar-refractivity contribution in [3.05, 3.63) is 60.2 Å². The maximum absolute atomic E-state index is 11.1. The lowest BCUT2D eigenvalue weighted by atomic mass is 9.98. The molecule has 0 aliphatic carbocycles. The second-order valence-electron chi connectivity index (χ2n) is 4.78. The van der Waals surface area contributed by atoms with Gasteiger partial charge in [-0.1, -0.05) is 54.6 Å². The summed E-state index contributed by atoms with van der Waals surface area (Å²) in [7, 11) is 1.25. The van der Waals surface area contributed by atoms with Crippen LogP contribution in [0.5, 0.6) is 0 Å². The predicted octanol–water partition coefficient (Wildman–Crippen LogP) is 2.31. The van der Waals surface area contributed by atoms with E-state index in [2.05, 4.69) is 4.74 Å². The molecule has 0 aliphatic rings. The zero-order valence-electron chi connectivity index (χ0n) is 11.8. The average molecular weight is 286 g/mol. The van der Waals surface area contributed by atoms with Gasteiger partial charge < -0.3 is 14.9 Å². The zero-order chi connectivity index (χ0) is 15.2. The van der Waals surface area contributed by atoms with Crippen molar-refractivity contribution in [1.29, 1.82) is 0 Å². The zero-order valence-corrected chi connectivity index (χ0v) is 11.8. The van der Waals surface area contributed by atoms with Crippen molar-refractivity contribution in [2.45, 2.75) is 18.6 Å². The predicted molar refractivity (Wildman–Crippen MR) is 79.5 cm³/mol. The fraction of sp³-hybridized carbons (Fsp3) is 0.235. The smallest absolute Gasteiger partial charge is 0.308 e. The maximum atomic E-state index is 11.1. The third kappa shape index (κ3) is 3.90. The Morgan fingerprint density at radius 3 is 2.14 bits per heavy atom. The van der Waals surface area contributed by atoms with Gasteiger partial charge in [0.05, 0.1) is 19.6 Å². The van der Waals surface area contributed by atoms with Crippen molar-refractivity contribution < 1.29 is 19.7 Å². The number of aliphatic hydroxyl groups is 2. The number of esters is 1. The lowest BCUT2D eigenvalue weighted by Crippen LogP contribution is -2.22. The highest BCUT2D eigenvalue weighted by atomic mass is 16.5. The van der Waals surface area contributed by atoms with E-state index in [1.165, 1.54) is 7.11 Å². The minimum Gasteiger partial charge on any atom is -0.469 e. The van der Waals surface area contributed by atoms with Crippen LogP contribution in [0.15, 0.2) is 54.6 Å². The van der Waals surface area contributed by atoms with E-state index >= 15 is 0 Å². The Morgan fingerprint density at radius 2 is 1.57 bits per heavy atom. The normalized spacial score (nSPS) is 13.5. The quantitative estimate of drug-likeness (QED) is 0.828. The van der Waals surface area contributed by atoms with E-state index < -0.39 is 18.2 Å². The number of carbonyl (C=O) groups excluding carboxylic acids is 1. The molecule has 0 aliphatic heterocycles. The molecule has 4 nitrogen and oxygen atoms in total. The van der Waals surface area contributed by atoms with Crippen LogP contribution in [0.1, 0.15) is 18.1 Å². The molecule has 2 atom stereocenters. The van der Waals surface area contributed by atoms with Crippen LogP contribution in [0.3, 0.4) is 0 Å². The topological polar surface area (TPSA) is 66.8 Å². The van der Waals surface area contributed by atoms with Gasteiger partial charge >= 0.3 is 5.97 Å². The monoisotopic (exact) mass is 286 g/mol. The standard InChI is InChI=1S/C17H18O4/c1-21-16(19)11-15(18)17(20)14-9-7-13(8-10-14)12-5-3-2-4-6-12/h2-10,15,17-18,20H,11H2,1H3. The second kappa shape index (κ2) is 7.02. The second-order valence-corrected chi connectivity index (χ2v) is 4.78. The maximum Gasteiger partial charge on any atom is 0.308 e. The van der Waals surface area contributed by atoms with Crippen LogP contribution in [0.25, 0.3) is 11.1 Å². The number of hydrogen-bond acceptors (Lipinski definition) is 4. The van der Waals surface area contributed by atoms with E-state index in [0.29, 0.717) is 5.56 Å². The molecule has 0 spiro atoms. The summed E-state index contributed by atoms with van der Waals surface area (Å²) in [6.45, 7) is 0. The van der Waals surface area contributed by atoms with Crippen molar-refractivity contribution in [3.63, 3.8) is 0 Å². The fourth-order valence-electron chi connectivity index (χ4n) is 2.09. The van der Waals surface area contributed by atoms with Gasteiger partial charge in [0.2, 0.25) is 0 Å². The van der Waals surface area contributed by atoms with E-state index in [0.717, 1.165) is 11.1 Å². The summed E-state index contributed by atoms with van der Waals surface area (Å²) < 4.78 is 4.47. The Hall–Kier alpha value is -2.17. The number of methoxy groups -OCH3 is 1. The first-order chi connectivity index (χ1) is 10.1. The molecule has 0 fully saturated rings. The molecule has 4 heteroatoms. The lowest BCUT2D eigenvalue weighted by Gasteiger charge is -2.17. The molecular formula is C17H18O4. The Bertz CT molecular complexity index is 577. The third-order valence-corrected chi connectivity index (χ3v) is 3.33. The molecule has 0 saturated carbocycles. The summed E-state index contributed by atoms with van der Waals surface area (Å²) in [6, 6.07) is 17.1. The molecule has 2 unspecified atom stereocenters. The van der Waals surface area contributed by atoms with Crippen LogP contribution in [0.2, 0.25) is 0 Å². The van der Waals surface area contributed by atoms with Crippen molar-refractivity contribution in [3.8, 4) is 11.1 Å². The van der Waals surface area contributed by atoms with Gasteiger partial charge in [-0.15, -0.1) is 0 Å². The van der Waals surface area contributed by atoms with Crippen LogP contribution >= 0.6 is 0 Å². The summed E-state index contributed by atoms with van der Waals surface area (Å²) in [4.78, 5) is 11.1. The molecule has 2 rings (SSSR count). The van der Waals surface area contributed by atoms with Gasteiger partial charge in [0.1, 0.15) is 6.10 Å². The SMILES string of the molecule is COC(=O)CC(O)C(O)c1ccc(-c2ccccc2)cc1. The molecule has 0 bridgehead atoms. The molecule has 21 heavy (non-hydrogen) atoms. The number of hydrogen-bond donors (Lipinski definition) is 2. The van der Waals surface area contributed by atoms with E-state index in [-0.39, 0.29) is 6.42 Å². The van der Waals surface area contributed by atoms with Crippen molar-refractivity contribution in [2.24, 2.45) is 0 Å². The number of ether oxygens (including phenoxy) is 1. The number of benzene rings is 2. The molecular weight excluding hydrogens is 268 g/mol. The molecule has 2 aromatic carbocycles. The molecule has 2 aromatic rings. The van der Waals surface area contributed by atoms with Crippen LogP contribution in [-0.4, -0.2) is 29.4 Å². The summed E-state index contributed by atoms with van der Waals surface area (Å²) >= 11 is 0. The molecule has 110 valence electrons. The highest BCUT2D eigenvalue weighted by molar-refractivity contribution is 5.70. The molecule has 0 radical (unpaired) electrons. The molecule has 0 heterocycles. The summed E-state index contributed by atoms with van der Waals surface area (Å²) in [6.07, 6.45) is -2.54. The van der Waals surface area contributed by atoms with Crippen molar-refractivity contribution in [2.75, 3.05) is 7.11 Å². The Kier molecular flexibility index (Phi) is 5.09. The fourth-order valence-corrected chi connectivity index (χ4v) is 2.09. The minimum absolute atomic E-state index is 0.238. The van der Waals surface area contributed by atoms with E-state index in [9.17, 15) is 15.0 Å².